The van der Waals surface area contributed by atoms with Crippen LogP contribution in [0.4, 0.5) is 0 Å². The van der Waals surface area contributed by atoms with Crippen LogP contribution in [-0.4, -0.2) is 38.4 Å². The monoisotopic (exact) mass is 306 g/mol. The second kappa shape index (κ2) is 6.02. The molecule has 1 saturated heterocycles. The van der Waals surface area contributed by atoms with Crippen molar-refractivity contribution < 1.29 is 4.79 Å². The molecule has 2 aromatic heterocycles. The minimum atomic E-state index is -0.322. The third-order valence-electron chi connectivity index (χ3n) is 4.05. The lowest BCUT2D eigenvalue weighted by molar-refractivity contribution is -0.135. The van der Waals surface area contributed by atoms with Crippen molar-refractivity contribution in [1.29, 1.82) is 0 Å². The van der Waals surface area contributed by atoms with Crippen LogP contribution in [-0.2, 0) is 10.7 Å². The third kappa shape index (κ3) is 2.62. The number of hydrogen-bond donors (Lipinski definition) is 0. The van der Waals surface area contributed by atoms with Crippen molar-refractivity contribution >= 4 is 28.7 Å². The summed E-state index contributed by atoms with van der Waals surface area (Å²) in [6, 6.07) is 3.42. The van der Waals surface area contributed by atoms with Gasteiger partial charge in [0.2, 0.25) is 5.91 Å². The number of carbonyl (C=O) groups is 1. The summed E-state index contributed by atoms with van der Waals surface area (Å²) in [4.78, 5) is 23.5. The predicted molar refractivity (Wildman–Crippen MR) is 82.2 cm³/mol. The van der Waals surface area contributed by atoms with Gasteiger partial charge in [0, 0.05) is 19.3 Å². The molecule has 0 aromatic carbocycles. The van der Waals surface area contributed by atoms with Crippen molar-refractivity contribution in [3.8, 4) is 0 Å². The molecular formula is C15H19ClN4O. The fraction of sp³-hybridized carbons (Fsp3) is 0.533. The highest BCUT2D eigenvalue weighted by Crippen LogP contribution is 2.23. The normalized spacial score (nSPS) is 17.1. The van der Waals surface area contributed by atoms with Crippen molar-refractivity contribution in [2.24, 2.45) is 0 Å². The molecular weight excluding hydrogens is 288 g/mol. The number of piperidine rings is 1. The van der Waals surface area contributed by atoms with E-state index in [0.29, 0.717) is 5.82 Å². The van der Waals surface area contributed by atoms with Crippen LogP contribution in [0.15, 0.2) is 18.3 Å². The molecule has 0 radical (unpaired) electrons. The maximum absolute atomic E-state index is 12.7. The van der Waals surface area contributed by atoms with E-state index < -0.39 is 0 Å². The molecule has 1 aliphatic heterocycles. The zero-order valence-electron chi connectivity index (χ0n) is 12.1. The molecule has 1 aliphatic rings. The molecule has 2 aromatic rings. The molecule has 1 amide bonds. The van der Waals surface area contributed by atoms with Crippen LogP contribution >= 0.6 is 11.6 Å². The lowest BCUT2D eigenvalue weighted by Crippen LogP contribution is -2.40. The fourth-order valence-corrected chi connectivity index (χ4v) is 3.16. The summed E-state index contributed by atoms with van der Waals surface area (Å²) in [5.74, 6) is 1.10. The average molecular weight is 307 g/mol. The van der Waals surface area contributed by atoms with E-state index in [1.807, 2.05) is 28.5 Å². The molecule has 5 nitrogen and oxygen atoms in total. The first-order chi connectivity index (χ1) is 10.2. The Morgan fingerprint density at radius 2 is 2.14 bits per heavy atom. The van der Waals surface area contributed by atoms with Crippen LogP contribution in [0, 0.1) is 0 Å². The first-order valence-corrected chi connectivity index (χ1v) is 7.92. The number of halogens is 1. The van der Waals surface area contributed by atoms with Gasteiger partial charge in [-0.15, -0.1) is 11.6 Å². The Bertz CT molecular complexity index is 648. The van der Waals surface area contributed by atoms with Crippen molar-refractivity contribution in [3.63, 3.8) is 0 Å². The average Bonchev–Trinajstić information content (AvgIpc) is 2.92. The number of alkyl halides is 1. The summed E-state index contributed by atoms with van der Waals surface area (Å²) in [6.07, 6.45) is 5.10. The van der Waals surface area contributed by atoms with Gasteiger partial charge < -0.3 is 4.90 Å². The van der Waals surface area contributed by atoms with Gasteiger partial charge in [-0.2, -0.15) is 0 Å². The maximum atomic E-state index is 12.7. The highest BCUT2D eigenvalue weighted by atomic mass is 35.5. The van der Waals surface area contributed by atoms with Crippen molar-refractivity contribution in [1.82, 2.24) is 19.4 Å². The Kier molecular flexibility index (Phi) is 4.10. The quantitative estimate of drug-likeness (QED) is 0.819. The molecule has 3 rings (SSSR count). The summed E-state index contributed by atoms with van der Waals surface area (Å²) in [5.41, 5.74) is 1.51. The molecule has 0 bridgehead atoms. The van der Waals surface area contributed by atoms with Gasteiger partial charge >= 0.3 is 0 Å². The van der Waals surface area contributed by atoms with E-state index in [-0.39, 0.29) is 17.8 Å². The number of fused-ring (bicyclic) bond motifs is 1. The highest BCUT2D eigenvalue weighted by molar-refractivity contribution is 6.16. The van der Waals surface area contributed by atoms with E-state index in [0.717, 1.165) is 37.1 Å². The number of hydrogen-bond acceptors (Lipinski definition) is 3. The number of aromatic nitrogens is 3. The van der Waals surface area contributed by atoms with Crippen LogP contribution in [0.25, 0.3) is 11.2 Å². The first kappa shape index (κ1) is 14.3. The standard InChI is InChI=1S/C15H19ClN4O/c1-11(15(21)19-8-3-2-4-9-19)20-13(10-16)18-12-6-5-7-17-14(12)20/h5-7,11H,2-4,8-10H2,1H3. The molecule has 1 unspecified atom stereocenters. The SMILES string of the molecule is CC(C(=O)N1CCCCC1)n1c(CCl)nc2cccnc21. The topological polar surface area (TPSA) is 51.0 Å². The van der Waals surface area contributed by atoms with Crippen LogP contribution in [0.2, 0.25) is 0 Å². The molecule has 112 valence electrons. The molecule has 6 heteroatoms. The minimum absolute atomic E-state index is 0.131. The van der Waals surface area contributed by atoms with E-state index >= 15 is 0 Å². The van der Waals surface area contributed by atoms with Gasteiger partial charge in [-0.25, -0.2) is 9.97 Å². The fourth-order valence-electron chi connectivity index (χ4n) is 2.97. The maximum Gasteiger partial charge on any atom is 0.245 e. The second-order valence-electron chi connectivity index (χ2n) is 5.44. The minimum Gasteiger partial charge on any atom is -0.341 e. The van der Waals surface area contributed by atoms with Gasteiger partial charge in [0.1, 0.15) is 17.4 Å². The zero-order chi connectivity index (χ0) is 14.8. The molecule has 3 heterocycles. The number of likely N-dealkylation sites (tertiary alicyclic amines) is 1. The Balaban J connectivity index is 1.96. The predicted octanol–water partition coefficient (Wildman–Crippen LogP) is 2.74. The summed E-state index contributed by atoms with van der Waals surface area (Å²) in [5, 5.41) is 0. The zero-order valence-corrected chi connectivity index (χ0v) is 12.9. The summed E-state index contributed by atoms with van der Waals surface area (Å²) in [6.45, 7) is 3.60. The molecule has 1 fully saturated rings. The van der Waals surface area contributed by atoms with Crippen LogP contribution in [0.5, 0.6) is 0 Å². The van der Waals surface area contributed by atoms with Gasteiger partial charge in [-0.3, -0.25) is 9.36 Å². The number of amides is 1. The number of imidazole rings is 1. The van der Waals surface area contributed by atoms with Crippen LogP contribution in [0.3, 0.4) is 0 Å². The van der Waals surface area contributed by atoms with Gasteiger partial charge in [0.15, 0.2) is 5.65 Å². The molecule has 0 spiro atoms. The Hall–Kier alpha value is -1.62. The Morgan fingerprint density at radius 3 is 2.86 bits per heavy atom. The van der Waals surface area contributed by atoms with Crippen molar-refractivity contribution in [3.05, 3.63) is 24.2 Å². The summed E-state index contributed by atoms with van der Waals surface area (Å²) in [7, 11) is 0. The first-order valence-electron chi connectivity index (χ1n) is 7.39. The number of rotatable bonds is 3. The van der Waals surface area contributed by atoms with E-state index in [1.165, 1.54) is 6.42 Å². The number of pyridine rings is 1. The molecule has 0 aliphatic carbocycles. The largest absolute Gasteiger partial charge is 0.341 e. The molecule has 0 saturated carbocycles. The molecule has 1 atom stereocenters. The smallest absolute Gasteiger partial charge is 0.245 e. The van der Waals surface area contributed by atoms with E-state index in [1.54, 1.807) is 6.20 Å². The summed E-state index contributed by atoms with van der Waals surface area (Å²) >= 11 is 6.00. The highest BCUT2D eigenvalue weighted by Gasteiger charge is 2.26. The van der Waals surface area contributed by atoms with Crippen molar-refractivity contribution in [2.45, 2.75) is 38.1 Å². The van der Waals surface area contributed by atoms with E-state index in [4.69, 9.17) is 11.6 Å². The van der Waals surface area contributed by atoms with Crippen LogP contribution < -0.4 is 0 Å². The van der Waals surface area contributed by atoms with Gasteiger partial charge in [0.25, 0.3) is 0 Å². The lowest BCUT2D eigenvalue weighted by Gasteiger charge is -2.30. The Morgan fingerprint density at radius 1 is 1.38 bits per heavy atom. The number of carbonyl (C=O) groups excluding carboxylic acids is 1. The molecule has 0 N–H and O–H groups in total. The Labute approximate surface area is 128 Å². The van der Waals surface area contributed by atoms with Gasteiger partial charge in [0.05, 0.1) is 5.88 Å². The van der Waals surface area contributed by atoms with E-state index in [2.05, 4.69) is 9.97 Å². The van der Waals surface area contributed by atoms with Gasteiger partial charge in [-0.05, 0) is 38.3 Å². The van der Waals surface area contributed by atoms with Crippen molar-refractivity contribution in [2.75, 3.05) is 13.1 Å². The third-order valence-corrected chi connectivity index (χ3v) is 4.29. The lowest BCUT2D eigenvalue weighted by atomic mass is 10.1. The summed E-state index contributed by atoms with van der Waals surface area (Å²) < 4.78 is 1.87. The number of nitrogens with zero attached hydrogens (tertiary/aromatic N) is 4. The van der Waals surface area contributed by atoms with Gasteiger partial charge in [-0.1, -0.05) is 0 Å². The second-order valence-corrected chi connectivity index (χ2v) is 5.71. The van der Waals surface area contributed by atoms with E-state index in [9.17, 15) is 4.79 Å². The van der Waals surface area contributed by atoms with Crippen LogP contribution in [0.1, 0.15) is 38.1 Å². The molecule has 21 heavy (non-hydrogen) atoms.